The van der Waals surface area contributed by atoms with Crippen LogP contribution in [0.25, 0.3) is 0 Å². The third-order valence-corrected chi connectivity index (χ3v) is 5.37. The highest BCUT2D eigenvalue weighted by Gasteiger charge is 2.16. The minimum absolute atomic E-state index is 0.0394. The molecule has 0 spiro atoms. The first-order chi connectivity index (χ1) is 12.8. The maximum atomic E-state index is 12.1. The summed E-state index contributed by atoms with van der Waals surface area (Å²) in [5, 5.41) is 0. The third kappa shape index (κ3) is 7.13. The zero-order chi connectivity index (χ0) is 19.9. The van der Waals surface area contributed by atoms with E-state index in [4.69, 9.17) is 13.1 Å². The molecule has 0 saturated heterocycles. The van der Waals surface area contributed by atoms with Crippen molar-refractivity contribution in [2.45, 2.75) is 24.8 Å². The monoisotopic (exact) mass is 413 g/mol. The van der Waals surface area contributed by atoms with Gasteiger partial charge >= 0.3 is 0 Å². The highest BCUT2D eigenvalue weighted by molar-refractivity contribution is 7.86. The fourth-order valence-corrected chi connectivity index (χ4v) is 3.56. The average Bonchev–Trinajstić information content (AvgIpc) is 2.60. The van der Waals surface area contributed by atoms with E-state index in [0.29, 0.717) is 5.56 Å². The molecule has 0 fully saturated rings. The Balaban J connectivity index is 1.86. The summed E-state index contributed by atoms with van der Waals surface area (Å²) in [6.07, 6.45) is -0.822. The molecule has 0 bridgehead atoms. The lowest BCUT2D eigenvalue weighted by atomic mass is 10.1. The van der Waals surface area contributed by atoms with Gasteiger partial charge in [0.15, 0.2) is 0 Å². The van der Waals surface area contributed by atoms with Crippen molar-refractivity contribution in [2.24, 2.45) is 0 Å². The molecule has 2 rings (SSSR count). The van der Waals surface area contributed by atoms with Crippen molar-refractivity contribution < 1.29 is 30.3 Å². The van der Waals surface area contributed by atoms with Crippen molar-refractivity contribution in [1.82, 2.24) is 0 Å². The summed E-state index contributed by atoms with van der Waals surface area (Å²) in [5.41, 5.74) is 2.54. The Labute approximate surface area is 161 Å². The SMILES string of the molecule is Cc1ccc(S(=O)(=O)OCCOCC(OS(=O)[O-])c2cccc(C)c2)cc1. The standard InChI is InChI=1S/C18H22O7S2/c1-14-6-8-17(9-7-14)27(21,22)24-11-10-23-13-18(25-26(19)20)16-5-3-4-15(2)12-16/h3-9,12,18H,10-11,13H2,1-2H3,(H,19,20)/p-1. The van der Waals surface area contributed by atoms with Gasteiger partial charge in [0.2, 0.25) is 0 Å². The first kappa shape index (κ1) is 21.7. The molecule has 0 radical (unpaired) electrons. The van der Waals surface area contributed by atoms with Crippen molar-refractivity contribution >= 4 is 21.5 Å². The molecule has 2 atom stereocenters. The zero-order valence-corrected chi connectivity index (χ0v) is 16.6. The Morgan fingerprint density at radius 2 is 1.74 bits per heavy atom. The van der Waals surface area contributed by atoms with Crippen LogP contribution in [0.2, 0.25) is 0 Å². The minimum atomic E-state index is -3.86. The van der Waals surface area contributed by atoms with Gasteiger partial charge in [0, 0.05) is 0 Å². The predicted octanol–water partition coefficient (Wildman–Crippen LogP) is 2.58. The number of ether oxygens (including phenoxy) is 1. The maximum Gasteiger partial charge on any atom is 0.297 e. The lowest BCUT2D eigenvalue weighted by Crippen LogP contribution is -2.17. The molecule has 2 aromatic rings. The highest BCUT2D eigenvalue weighted by atomic mass is 32.2. The fraction of sp³-hybridized carbons (Fsp3) is 0.333. The van der Waals surface area contributed by atoms with E-state index in [9.17, 15) is 17.2 Å². The molecule has 9 heteroatoms. The normalized spacial score (nSPS) is 14.0. The molecule has 0 amide bonds. The van der Waals surface area contributed by atoms with Crippen molar-refractivity contribution in [2.75, 3.05) is 19.8 Å². The van der Waals surface area contributed by atoms with Gasteiger partial charge in [-0.3, -0.25) is 8.37 Å². The van der Waals surface area contributed by atoms with Crippen LogP contribution >= 0.6 is 0 Å². The van der Waals surface area contributed by atoms with Crippen LogP contribution in [0, 0.1) is 13.8 Å². The van der Waals surface area contributed by atoms with Gasteiger partial charge in [-0.25, -0.2) is 4.21 Å². The first-order valence-electron chi connectivity index (χ1n) is 8.15. The van der Waals surface area contributed by atoms with Crippen LogP contribution in [0.4, 0.5) is 0 Å². The lowest BCUT2D eigenvalue weighted by molar-refractivity contribution is 0.0378. The van der Waals surface area contributed by atoms with Gasteiger partial charge in [0.05, 0.1) is 36.1 Å². The molecule has 0 aliphatic rings. The van der Waals surface area contributed by atoms with Gasteiger partial charge < -0.3 is 9.29 Å². The van der Waals surface area contributed by atoms with Gasteiger partial charge in [-0.1, -0.05) is 47.5 Å². The summed E-state index contributed by atoms with van der Waals surface area (Å²) in [6, 6.07) is 13.5. The Hall–Kier alpha value is -1.62. The van der Waals surface area contributed by atoms with E-state index in [1.165, 1.54) is 12.1 Å². The molecule has 7 nitrogen and oxygen atoms in total. The van der Waals surface area contributed by atoms with Crippen LogP contribution in [0.5, 0.6) is 0 Å². The number of hydrogen-bond acceptors (Lipinski definition) is 7. The molecular formula is C18H21O7S2-. The predicted molar refractivity (Wildman–Crippen MR) is 99.1 cm³/mol. The highest BCUT2D eigenvalue weighted by Crippen LogP contribution is 2.20. The summed E-state index contributed by atoms with van der Waals surface area (Å²) < 4.78 is 61.0. The smallest absolute Gasteiger partial charge is 0.297 e. The Morgan fingerprint density at radius 3 is 2.37 bits per heavy atom. The van der Waals surface area contributed by atoms with E-state index in [1.807, 2.05) is 19.9 Å². The molecule has 0 N–H and O–H groups in total. The van der Waals surface area contributed by atoms with E-state index < -0.39 is 27.6 Å². The van der Waals surface area contributed by atoms with Gasteiger partial charge in [-0.15, -0.1) is 0 Å². The number of rotatable bonds is 10. The van der Waals surface area contributed by atoms with Crippen LogP contribution in [-0.4, -0.2) is 37.0 Å². The molecule has 2 unspecified atom stereocenters. The van der Waals surface area contributed by atoms with Gasteiger partial charge in [-0.05, 0) is 31.5 Å². The van der Waals surface area contributed by atoms with Crippen LogP contribution in [0.3, 0.4) is 0 Å². The minimum Gasteiger partial charge on any atom is -0.750 e. The van der Waals surface area contributed by atoms with Crippen molar-refractivity contribution in [1.29, 1.82) is 0 Å². The molecule has 0 saturated carbocycles. The lowest BCUT2D eigenvalue weighted by Gasteiger charge is -2.19. The third-order valence-electron chi connectivity index (χ3n) is 3.65. The second kappa shape index (κ2) is 10.1. The Bertz CT molecular complexity index is 864. The summed E-state index contributed by atoms with van der Waals surface area (Å²) in [7, 11) is -3.86. The van der Waals surface area contributed by atoms with Crippen LogP contribution in [0.15, 0.2) is 53.4 Å². The van der Waals surface area contributed by atoms with Crippen LogP contribution in [0.1, 0.15) is 22.8 Å². The molecule has 0 aliphatic carbocycles. The largest absolute Gasteiger partial charge is 0.750 e. The average molecular weight is 413 g/mol. The molecule has 0 aliphatic heterocycles. The van der Waals surface area contributed by atoms with Crippen molar-refractivity contribution in [3.05, 3.63) is 65.2 Å². The molecular weight excluding hydrogens is 392 g/mol. The van der Waals surface area contributed by atoms with E-state index in [2.05, 4.69) is 0 Å². The van der Waals surface area contributed by atoms with E-state index in [1.54, 1.807) is 30.3 Å². The Kier molecular flexibility index (Phi) is 8.08. The van der Waals surface area contributed by atoms with Crippen LogP contribution < -0.4 is 0 Å². The fourth-order valence-electron chi connectivity index (χ4n) is 2.31. The molecule has 148 valence electrons. The Morgan fingerprint density at radius 1 is 1.04 bits per heavy atom. The number of hydrogen-bond donors (Lipinski definition) is 0. The number of aryl methyl sites for hydroxylation is 2. The first-order valence-corrected chi connectivity index (χ1v) is 10.6. The topological polar surface area (TPSA) is 102 Å². The molecule has 0 heterocycles. The quantitative estimate of drug-likeness (QED) is 0.335. The van der Waals surface area contributed by atoms with Crippen LogP contribution in [-0.2, 0) is 34.6 Å². The summed E-state index contributed by atoms with van der Waals surface area (Å²) in [4.78, 5) is 0.0656. The summed E-state index contributed by atoms with van der Waals surface area (Å²) in [5.74, 6) is 0. The zero-order valence-electron chi connectivity index (χ0n) is 15.0. The number of benzene rings is 2. The second-order valence-electron chi connectivity index (χ2n) is 5.87. The molecule has 27 heavy (non-hydrogen) atoms. The van der Waals surface area contributed by atoms with Gasteiger partial charge in [0.1, 0.15) is 6.10 Å². The van der Waals surface area contributed by atoms with E-state index >= 15 is 0 Å². The van der Waals surface area contributed by atoms with Crippen molar-refractivity contribution in [3.63, 3.8) is 0 Å². The summed E-state index contributed by atoms with van der Waals surface area (Å²) >= 11 is -2.71. The maximum absolute atomic E-state index is 12.1. The molecule has 2 aromatic carbocycles. The summed E-state index contributed by atoms with van der Waals surface area (Å²) in [6.45, 7) is 3.43. The van der Waals surface area contributed by atoms with Crippen molar-refractivity contribution in [3.8, 4) is 0 Å². The van der Waals surface area contributed by atoms with E-state index in [-0.39, 0.29) is 24.7 Å². The second-order valence-corrected chi connectivity index (χ2v) is 8.08. The van der Waals surface area contributed by atoms with E-state index in [0.717, 1.165) is 11.1 Å². The van der Waals surface area contributed by atoms with Gasteiger partial charge in [0.25, 0.3) is 10.1 Å². The molecule has 0 aromatic heterocycles. The van der Waals surface area contributed by atoms with Gasteiger partial charge in [-0.2, -0.15) is 8.42 Å².